The quantitative estimate of drug-likeness (QED) is 0.741. The first-order valence-corrected chi connectivity index (χ1v) is 9.01. The largest absolute Gasteiger partial charge is 0.378 e. The number of aromatic nitrogens is 1. The van der Waals surface area contributed by atoms with E-state index in [2.05, 4.69) is 15.2 Å². The lowest BCUT2D eigenvalue weighted by molar-refractivity contribution is -0.125. The topological polar surface area (TPSA) is 80.5 Å². The van der Waals surface area contributed by atoms with Gasteiger partial charge in [0, 0.05) is 37.4 Å². The Hall–Kier alpha value is -1.86. The Morgan fingerprint density at radius 1 is 1.18 bits per heavy atom. The Morgan fingerprint density at radius 3 is 2.54 bits per heavy atom. The van der Waals surface area contributed by atoms with Crippen molar-refractivity contribution in [3.8, 4) is 0 Å². The van der Waals surface area contributed by atoms with Crippen LogP contribution in [0.15, 0.2) is 48.7 Å². The van der Waals surface area contributed by atoms with Crippen LogP contribution in [0.3, 0.4) is 0 Å². The summed E-state index contributed by atoms with van der Waals surface area (Å²) in [5.74, 6) is 0.537. The van der Waals surface area contributed by atoms with Gasteiger partial charge in [0.2, 0.25) is 5.91 Å². The number of nitrogens with one attached hydrogen (secondary N) is 1. The van der Waals surface area contributed by atoms with E-state index in [0.717, 1.165) is 30.0 Å². The van der Waals surface area contributed by atoms with E-state index in [1.54, 1.807) is 6.20 Å². The van der Waals surface area contributed by atoms with Crippen LogP contribution in [0, 0.1) is 5.92 Å². The van der Waals surface area contributed by atoms with E-state index in [1.807, 2.05) is 49.4 Å². The summed E-state index contributed by atoms with van der Waals surface area (Å²) in [5.41, 5.74) is 8.23. The fraction of sp³-hybridized carbons (Fsp3) is 0.400. The molecular formula is C20H28Cl2N4O2. The number of amides is 1. The number of ether oxygens (including phenoxy) is 1. The second-order valence-corrected chi connectivity index (χ2v) is 6.53. The molecule has 2 atom stereocenters. The molecule has 1 fully saturated rings. The molecule has 1 aliphatic heterocycles. The van der Waals surface area contributed by atoms with Crippen molar-refractivity contribution in [3.05, 3.63) is 59.8 Å². The fourth-order valence-corrected chi connectivity index (χ4v) is 3.10. The summed E-state index contributed by atoms with van der Waals surface area (Å²) < 4.78 is 5.41. The SMILES string of the molecule is CC(C(=O)NCc1cccnc1N1CCOCC1)C(N)c1ccccc1.Cl.Cl. The van der Waals surface area contributed by atoms with Gasteiger partial charge in [-0.2, -0.15) is 0 Å². The highest BCUT2D eigenvalue weighted by molar-refractivity contribution is 5.85. The molecule has 0 radical (unpaired) electrons. The van der Waals surface area contributed by atoms with Crippen molar-refractivity contribution in [1.29, 1.82) is 0 Å². The lowest BCUT2D eigenvalue weighted by Gasteiger charge is -2.29. The molecule has 0 aliphatic carbocycles. The summed E-state index contributed by atoms with van der Waals surface area (Å²) in [7, 11) is 0. The molecule has 1 aliphatic rings. The molecular weight excluding hydrogens is 399 g/mol. The summed E-state index contributed by atoms with van der Waals surface area (Å²) in [5, 5.41) is 3.01. The zero-order valence-corrected chi connectivity index (χ0v) is 17.5. The summed E-state index contributed by atoms with van der Waals surface area (Å²) >= 11 is 0. The maximum Gasteiger partial charge on any atom is 0.225 e. The molecule has 154 valence electrons. The molecule has 1 amide bonds. The van der Waals surface area contributed by atoms with E-state index in [4.69, 9.17) is 10.5 Å². The number of rotatable bonds is 6. The van der Waals surface area contributed by atoms with Gasteiger partial charge in [-0.1, -0.05) is 43.3 Å². The van der Waals surface area contributed by atoms with E-state index in [-0.39, 0.29) is 42.7 Å². The summed E-state index contributed by atoms with van der Waals surface area (Å²) in [6.07, 6.45) is 1.78. The molecule has 3 N–H and O–H groups in total. The Kier molecular flexibility index (Phi) is 10.2. The van der Waals surface area contributed by atoms with Gasteiger partial charge in [-0.05, 0) is 11.6 Å². The van der Waals surface area contributed by atoms with Crippen molar-refractivity contribution >= 4 is 36.5 Å². The predicted molar refractivity (Wildman–Crippen MR) is 116 cm³/mol. The maximum atomic E-state index is 12.6. The molecule has 0 saturated carbocycles. The Morgan fingerprint density at radius 2 is 1.86 bits per heavy atom. The van der Waals surface area contributed by atoms with Crippen LogP contribution in [-0.4, -0.2) is 37.2 Å². The van der Waals surface area contributed by atoms with Crippen LogP contribution >= 0.6 is 24.8 Å². The summed E-state index contributed by atoms with van der Waals surface area (Å²) in [6, 6.07) is 13.3. The number of pyridine rings is 1. The van der Waals surface area contributed by atoms with E-state index in [0.29, 0.717) is 19.8 Å². The molecule has 8 heteroatoms. The highest BCUT2D eigenvalue weighted by atomic mass is 35.5. The first-order chi connectivity index (χ1) is 12.7. The number of carbonyl (C=O) groups excluding carboxylic acids is 1. The van der Waals surface area contributed by atoms with Gasteiger partial charge in [-0.3, -0.25) is 4.79 Å². The van der Waals surface area contributed by atoms with E-state index < -0.39 is 0 Å². The number of anilines is 1. The molecule has 0 spiro atoms. The third-order valence-corrected chi connectivity index (χ3v) is 4.77. The molecule has 3 rings (SSSR count). The molecule has 1 saturated heterocycles. The number of benzene rings is 1. The van der Waals surface area contributed by atoms with Gasteiger partial charge in [0.15, 0.2) is 0 Å². The van der Waals surface area contributed by atoms with Gasteiger partial charge >= 0.3 is 0 Å². The van der Waals surface area contributed by atoms with Crippen molar-refractivity contribution in [2.24, 2.45) is 11.7 Å². The Labute approximate surface area is 178 Å². The Balaban J connectivity index is 0.00000196. The van der Waals surface area contributed by atoms with Crippen molar-refractivity contribution in [1.82, 2.24) is 10.3 Å². The molecule has 6 nitrogen and oxygen atoms in total. The highest BCUT2D eigenvalue weighted by Gasteiger charge is 2.22. The number of hydrogen-bond donors (Lipinski definition) is 2. The molecule has 1 aromatic carbocycles. The minimum atomic E-state index is -0.330. The third kappa shape index (κ3) is 6.07. The first-order valence-electron chi connectivity index (χ1n) is 9.01. The molecule has 1 aromatic heterocycles. The van der Waals surface area contributed by atoms with Crippen molar-refractivity contribution in [3.63, 3.8) is 0 Å². The highest BCUT2D eigenvalue weighted by Crippen LogP contribution is 2.21. The number of nitrogens with zero attached hydrogens (tertiary/aromatic N) is 2. The molecule has 28 heavy (non-hydrogen) atoms. The first kappa shape index (κ1) is 24.2. The molecule has 2 unspecified atom stereocenters. The van der Waals surface area contributed by atoms with E-state index >= 15 is 0 Å². The van der Waals surface area contributed by atoms with Crippen LogP contribution in [-0.2, 0) is 16.1 Å². The number of carbonyl (C=O) groups is 1. The average Bonchev–Trinajstić information content (AvgIpc) is 2.72. The van der Waals surface area contributed by atoms with Gasteiger partial charge in [0.1, 0.15) is 5.82 Å². The zero-order chi connectivity index (χ0) is 18.4. The second-order valence-electron chi connectivity index (χ2n) is 6.53. The van der Waals surface area contributed by atoms with Crippen LogP contribution in [0.25, 0.3) is 0 Å². The maximum absolute atomic E-state index is 12.6. The van der Waals surface area contributed by atoms with Crippen LogP contribution in [0.2, 0.25) is 0 Å². The number of nitrogens with two attached hydrogens (primary N) is 1. The molecule has 2 heterocycles. The number of halogens is 2. The van der Waals surface area contributed by atoms with Crippen molar-refractivity contribution < 1.29 is 9.53 Å². The minimum Gasteiger partial charge on any atom is -0.378 e. The van der Waals surface area contributed by atoms with E-state index in [1.165, 1.54) is 0 Å². The third-order valence-electron chi connectivity index (χ3n) is 4.77. The van der Waals surface area contributed by atoms with Crippen LogP contribution in [0.1, 0.15) is 24.1 Å². The van der Waals surface area contributed by atoms with Gasteiger partial charge in [0.05, 0.1) is 19.1 Å². The Bertz CT molecular complexity index is 727. The molecule has 2 aromatic rings. The molecule has 0 bridgehead atoms. The second kappa shape index (κ2) is 11.9. The smallest absolute Gasteiger partial charge is 0.225 e. The summed E-state index contributed by atoms with van der Waals surface area (Å²) in [4.78, 5) is 19.3. The van der Waals surface area contributed by atoms with E-state index in [9.17, 15) is 4.79 Å². The average molecular weight is 427 g/mol. The van der Waals surface area contributed by atoms with Gasteiger partial charge < -0.3 is 20.7 Å². The normalized spacial score (nSPS) is 15.6. The van der Waals surface area contributed by atoms with Crippen LogP contribution < -0.4 is 16.0 Å². The number of morpholine rings is 1. The lowest BCUT2D eigenvalue weighted by atomic mass is 9.94. The van der Waals surface area contributed by atoms with Gasteiger partial charge in [-0.15, -0.1) is 24.8 Å². The summed E-state index contributed by atoms with van der Waals surface area (Å²) in [6.45, 7) is 5.32. The standard InChI is InChI=1S/C20H26N4O2.2ClH/c1-15(18(21)16-6-3-2-4-7-16)20(25)23-14-17-8-5-9-22-19(17)24-10-12-26-13-11-24;;/h2-9,15,18H,10-14,21H2,1H3,(H,23,25);2*1H. The van der Waals surface area contributed by atoms with Crippen LogP contribution in [0.4, 0.5) is 5.82 Å². The van der Waals surface area contributed by atoms with Crippen molar-refractivity contribution in [2.75, 3.05) is 31.2 Å². The monoisotopic (exact) mass is 426 g/mol. The zero-order valence-electron chi connectivity index (χ0n) is 15.9. The van der Waals surface area contributed by atoms with Crippen molar-refractivity contribution in [2.45, 2.75) is 19.5 Å². The van der Waals surface area contributed by atoms with Gasteiger partial charge in [-0.25, -0.2) is 4.98 Å². The van der Waals surface area contributed by atoms with Gasteiger partial charge in [0.25, 0.3) is 0 Å². The van der Waals surface area contributed by atoms with Crippen LogP contribution in [0.5, 0.6) is 0 Å². The lowest BCUT2D eigenvalue weighted by Crippen LogP contribution is -2.38. The number of hydrogen-bond acceptors (Lipinski definition) is 5. The minimum absolute atomic E-state index is 0. The predicted octanol–water partition coefficient (Wildman–Crippen LogP) is 2.71. The fourth-order valence-electron chi connectivity index (χ4n) is 3.10.